The van der Waals surface area contributed by atoms with Crippen LogP contribution >= 0.6 is 12.4 Å². The van der Waals surface area contributed by atoms with Crippen LogP contribution in [0.25, 0.3) is 11.1 Å². The maximum atomic E-state index is 12.8. The summed E-state index contributed by atoms with van der Waals surface area (Å²) >= 11 is 0. The number of alkyl carbamates (subject to hydrolysis) is 1. The van der Waals surface area contributed by atoms with Crippen LogP contribution in [0.5, 0.6) is 0 Å². The van der Waals surface area contributed by atoms with Gasteiger partial charge in [-0.3, -0.25) is 4.79 Å². The summed E-state index contributed by atoms with van der Waals surface area (Å²) in [7, 11) is 0. The summed E-state index contributed by atoms with van der Waals surface area (Å²) in [5.74, 6) is -2.03. The molecule has 190 valence electrons. The molecule has 35 heavy (non-hydrogen) atoms. The molecule has 9 heteroatoms. The molecule has 2 aromatic carbocycles. The van der Waals surface area contributed by atoms with Gasteiger partial charge in [-0.2, -0.15) is 0 Å². The van der Waals surface area contributed by atoms with Crippen molar-refractivity contribution in [3.63, 3.8) is 0 Å². The van der Waals surface area contributed by atoms with E-state index in [1.54, 1.807) is 13.8 Å². The number of rotatable bonds is 11. The third-order valence-corrected chi connectivity index (χ3v) is 6.13. The Kier molecular flexibility index (Phi) is 10.5. The molecule has 1 aliphatic rings. The highest BCUT2D eigenvalue weighted by atomic mass is 35.5. The van der Waals surface area contributed by atoms with Gasteiger partial charge in [0, 0.05) is 5.92 Å². The molecule has 2 aromatic rings. The number of hydrogen-bond donors (Lipinski definition) is 4. The highest BCUT2D eigenvalue weighted by Crippen LogP contribution is 2.44. The van der Waals surface area contributed by atoms with E-state index in [1.165, 1.54) is 0 Å². The monoisotopic (exact) mass is 503 g/mol. The lowest BCUT2D eigenvalue weighted by molar-refractivity contribution is -0.142. The summed E-state index contributed by atoms with van der Waals surface area (Å²) in [6.45, 7) is 4.14. The van der Waals surface area contributed by atoms with E-state index in [1.807, 2.05) is 36.4 Å². The predicted molar refractivity (Wildman–Crippen MR) is 137 cm³/mol. The number of halogens is 1. The van der Waals surface area contributed by atoms with Crippen molar-refractivity contribution in [2.45, 2.75) is 51.1 Å². The Morgan fingerprint density at radius 3 is 2.06 bits per heavy atom. The summed E-state index contributed by atoms with van der Waals surface area (Å²) in [6.07, 6.45) is 0.810. The maximum absolute atomic E-state index is 12.8. The molecule has 0 saturated heterocycles. The third-order valence-electron chi connectivity index (χ3n) is 6.13. The van der Waals surface area contributed by atoms with Crippen molar-refractivity contribution in [1.82, 2.24) is 10.6 Å². The van der Waals surface area contributed by atoms with Gasteiger partial charge in [-0.1, -0.05) is 62.4 Å². The van der Waals surface area contributed by atoms with Crippen LogP contribution in [0.2, 0.25) is 0 Å². The van der Waals surface area contributed by atoms with Crippen molar-refractivity contribution in [2.24, 2.45) is 11.7 Å². The van der Waals surface area contributed by atoms with Crippen LogP contribution < -0.4 is 16.4 Å². The van der Waals surface area contributed by atoms with Crippen molar-refractivity contribution in [2.75, 3.05) is 13.2 Å². The number of carbonyl (C=O) groups excluding carboxylic acids is 2. The fourth-order valence-electron chi connectivity index (χ4n) is 4.31. The number of ether oxygens (including phenoxy) is 1. The minimum atomic E-state index is -1.12. The second-order valence-corrected chi connectivity index (χ2v) is 8.88. The Bertz CT molecular complexity index is 984. The topological polar surface area (TPSA) is 131 Å². The second-order valence-electron chi connectivity index (χ2n) is 8.88. The molecule has 0 aliphatic heterocycles. The van der Waals surface area contributed by atoms with Gasteiger partial charge in [0.15, 0.2) is 0 Å². The molecular weight excluding hydrogens is 470 g/mol. The lowest BCUT2D eigenvalue weighted by Gasteiger charge is -2.24. The van der Waals surface area contributed by atoms with Crippen molar-refractivity contribution in [1.29, 1.82) is 0 Å². The first-order valence-corrected chi connectivity index (χ1v) is 11.7. The number of carboxylic acids is 1. The fraction of sp³-hybridized carbons (Fsp3) is 0.423. The number of fused-ring (bicyclic) bond motifs is 3. The summed E-state index contributed by atoms with van der Waals surface area (Å²) in [5, 5.41) is 14.6. The molecule has 0 radical (unpaired) electrons. The number of carboxylic acid groups (broad SMARTS) is 1. The molecule has 0 fully saturated rings. The zero-order chi connectivity index (χ0) is 24.7. The Labute approximate surface area is 212 Å². The molecule has 2 amide bonds. The Morgan fingerprint density at radius 2 is 1.54 bits per heavy atom. The molecule has 5 N–H and O–H groups in total. The summed E-state index contributed by atoms with van der Waals surface area (Å²) in [6, 6.07) is 14.1. The van der Waals surface area contributed by atoms with E-state index < -0.39 is 30.1 Å². The van der Waals surface area contributed by atoms with E-state index in [-0.39, 0.29) is 37.3 Å². The molecule has 3 rings (SSSR count). The van der Waals surface area contributed by atoms with Gasteiger partial charge in [0.25, 0.3) is 0 Å². The minimum absolute atomic E-state index is 0. The van der Waals surface area contributed by atoms with Crippen molar-refractivity contribution < 1.29 is 24.2 Å². The number of carbonyl (C=O) groups is 3. The Hall–Kier alpha value is -3.10. The van der Waals surface area contributed by atoms with E-state index in [0.717, 1.165) is 22.3 Å². The average molecular weight is 504 g/mol. The van der Waals surface area contributed by atoms with E-state index >= 15 is 0 Å². The van der Waals surface area contributed by atoms with Crippen LogP contribution in [0.4, 0.5) is 4.79 Å². The average Bonchev–Trinajstić information content (AvgIpc) is 3.14. The first-order valence-electron chi connectivity index (χ1n) is 11.7. The van der Waals surface area contributed by atoms with Crippen LogP contribution in [-0.2, 0) is 14.3 Å². The minimum Gasteiger partial charge on any atom is -0.480 e. The molecule has 1 aliphatic carbocycles. The van der Waals surface area contributed by atoms with Gasteiger partial charge < -0.3 is 26.2 Å². The van der Waals surface area contributed by atoms with Crippen LogP contribution in [0.1, 0.15) is 50.2 Å². The van der Waals surface area contributed by atoms with E-state index in [0.29, 0.717) is 19.4 Å². The number of nitrogens with one attached hydrogen (secondary N) is 2. The number of hydrogen-bond acceptors (Lipinski definition) is 5. The molecule has 0 heterocycles. The fourth-order valence-corrected chi connectivity index (χ4v) is 4.31. The maximum Gasteiger partial charge on any atom is 0.407 e. The Morgan fingerprint density at radius 1 is 0.971 bits per heavy atom. The number of amides is 2. The van der Waals surface area contributed by atoms with E-state index in [2.05, 4.69) is 22.8 Å². The smallest absolute Gasteiger partial charge is 0.407 e. The highest BCUT2D eigenvalue weighted by molar-refractivity contribution is 5.89. The zero-order valence-electron chi connectivity index (χ0n) is 20.0. The molecule has 0 aromatic heterocycles. The summed E-state index contributed by atoms with van der Waals surface area (Å²) in [5.41, 5.74) is 9.90. The standard InChI is InChI=1S/C26H33N3O5.ClH/c1-16(2)23(24(30)28-22(25(31)32)13-7-8-14-27)29-26(33)34-15-21-19-11-5-3-9-17(19)18-10-4-6-12-20(18)21;/h3-6,9-12,16,21-23H,7-8,13-15,27H2,1-2H3,(H,28,30)(H,29,33)(H,31,32);1H. The summed E-state index contributed by atoms with van der Waals surface area (Å²) in [4.78, 5) is 37.0. The molecule has 0 spiro atoms. The first kappa shape index (κ1) is 28.1. The lowest BCUT2D eigenvalue weighted by atomic mass is 9.98. The van der Waals surface area contributed by atoms with E-state index in [9.17, 15) is 19.5 Å². The van der Waals surface area contributed by atoms with Crippen molar-refractivity contribution >= 4 is 30.4 Å². The van der Waals surface area contributed by atoms with Crippen LogP contribution in [-0.4, -0.2) is 48.3 Å². The van der Waals surface area contributed by atoms with E-state index in [4.69, 9.17) is 10.5 Å². The lowest BCUT2D eigenvalue weighted by Crippen LogP contribution is -2.53. The van der Waals surface area contributed by atoms with Crippen LogP contribution in [0, 0.1) is 5.92 Å². The number of benzene rings is 2. The highest BCUT2D eigenvalue weighted by Gasteiger charge is 2.31. The second kappa shape index (κ2) is 13.1. The van der Waals surface area contributed by atoms with Crippen LogP contribution in [0.15, 0.2) is 48.5 Å². The van der Waals surface area contributed by atoms with Gasteiger partial charge in [0.1, 0.15) is 18.7 Å². The SMILES string of the molecule is CC(C)C(NC(=O)OCC1c2ccccc2-c2ccccc21)C(=O)NC(CCCCN)C(=O)O.Cl. The normalized spacial score (nSPS) is 13.7. The molecular formula is C26H34ClN3O5. The summed E-state index contributed by atoms with van der Waals surface area (Å²) < 4.78 is 5.54. The predicted octanol–water partition coefficient (Wildman–Crippen LogP) is 3.67. The quantitative estimate of drug-likeness (QED) is 0.346. The molecule has 0 saturated carbocycles. The van der Waals surface area contributed by atoms with Crippen LogP contribution in [0.3, 0.4) is 0 Å². The molecule has 2 atom stereocenters. The van der Waals surface area contributed by atoms with Gasteiger partial charge >= 0.3 is 12.1 Å². The van der Waals surface area contributed by atoms with Crippen molar-refractivity contribution in [3.8, 4) is 11.1 Å². The van der Waals surface area contributed by atoms with Gasteiger partial charge in [-0.05, 0) is 54.0 Å². The zero-order valence-corrected chi connectivity index (χ0v) is 20.8. The molecule has 2 unspecified atom stereocenters. The van der Waals surface area contributed by atoms with Gasteiger partial charge in [-0.15, -0.1) is 12.4 Å². The van der Waals surface area contributed by atoms with Gasteiger partial charge in [0.2, 0.25) is 5.91 Å². The third kappa shape index (κ3) is 6.96. The number of nitrogens with two attached hydrogens (primary N) is 1. The first-order chi connectivity index (χ1) is 16.3. The molecule has 8 nitrogen and oxygen atoms in total. The van der Waals surface area contributed by atoms with Gasteiger partial charge in [0.05, 0.1) is 0 Å². The van der Waals surface area contributed by atoms with Crippen molar-refractivity contribution in [3.05, 3.63) is 59.7 Å². The van der Waals surface area contributed by atoms with Gasteiger partial charge in [-0.25, -0.2) is 9.59 Å². The largest absolute Gasteiger partial charge is 0.480 e. The number of unbranched alkanes of at least 4 members (excludes halogenated alkanes) is 1. The number of aliphatic carboxylic acids is 1. The Balaban J connectivity index is 0.00000432. The molecule has 0 bridgehead atoms.